The minimum atomic E-state index is -4.40. The molecule has 4 aromatic rings. The molecule has 2 aromatic carbocycles. The van der Waals surface area contributed by atoms with E-state index >= 15 is 0 Å². The molecule has 6 nitrogen and oxygen atoms in total. The lowest BCUT2D eigenvalue weighted by atomic mass is 9.97. The highest BCUT2D eigenvalue weighted by atomic mass is 19.4. The van der Waals surface area contributed by atoms with Crippen LogP contribution in [0.5, 0.6) is 0 Å². The van der Waals surface area contributed by atoms with Gasteiger partial charge in [-0.2, -0.15) is 13.2 Å². The highest BCUT2D eigenvalue weighted by molar-refractivity contribution is 5.89. The average Bonchev–Trinajstić information content (AvgIpc) is 3.45. The molecule has 176 valence electrons. The zero-order chi connectivity index (χ0) is 23.9. The first kappa shape index (κ1) is 22.2. The fraction of sp³-hybridized carbons (Fsp3) is 0.320. The van der Waals surface area contributed by atoms with Crippen LogP contribution >= 0.6 is 0 Å². The average molecular weight is 468 g/mol. The van der Waals surface area contributed by atoms with Crippen molar-refractivity contribution in [2.24, 2.45) is 7.05 Å². The minimum Gasteiger partial charge on any atom is -0.420 e. The van der Waals surface area contributed by atoms with Gasteiger partial charge < -0.3 is 13.9 Å². The van der Waals surface area contributed by atoms with Gasteiger partial charge in [0, 0.05) is 42.8 Å². The van der Waals surface area contributed by atoms with Crippen molar-refractivity contribution in [3.63, 3.8) is 0 Å². The van der Waals surface area contributed by atoms with E-state index in [4.69, 9.17) is 4.42 Å². The molecule has 1 fully saturated rings. The van der Waals surface area contributed by atoms with Gasteiger partial charge in [0.1, 0.15) is 0 Å². The quantitative estimate of drug-likeness (QED) is 0.413. The van der Waals surface area contributed by atoms with Crippen molar-refractivity contribution < 1.29 is 22.4 Å². The molecule has 0 radical (unpaired) electrons. The molecular formula is C25H23F3N4O2. The van der Waals surface area contributed by atoms with Gasteiger partial charge in [0.2, 0.25) is 17.7 Å². The Kier molecular flexibility index (Phi) is 5.63. The van der Waals surface area contributed by atoms with Gasteiger partial charge in [-0.05, 0) is 48.7 Å². The Balaban J connectivity index is 1.28. The standard InChI is InChI=1S/C25H23F3N4O2/c1-31-14-18(20-6-2-3-7-21(20)31)13-22(33)32-12-4-5-17(15-32)24-30-29-23(34-24)16-8-10-19(11-9-16)25(26,27)28/h2-3,6-11,14,17H,4-5,12-13,15H2,1H3. The van der Waals surface area contributed by atoms with Crippen LogP contribution in [-0.2, 0) is 24.4 Å². The smallest absolute Gasteiger partial charge is 0.416 e. The van der Waals surface area contributed by atoms with E-state index in [-0.39, 0.29) is 17.7 Å². The molecule has 0 aliphatic carbocycles. The second-order valence-electron chi connectivity index (χ2n) is 8.66. The number of hydrogen-bond donors (Lipinski definition) is 0. The summed E-state index contributed by atoms with van der Waals surface area (Å²) >= 11 is 0. The van der Waals surface area contributed by atoms with Crippen LogP contribution in [-0.4, -0.2) is 38.7 Å². The minimum absolute atomic E-state index is 0.0449. The lowest BCUT2D eigenvalue weighted by Crippen LogP contribution is -2.40. The molecule has 0 bridgehead atoms. The van der Waals surface area contributed by atoms with E-state index in [2.05, 4.69) is 10.2 Å². The molecule has 3 heterocycles. The zero-order valence-corrected chi connectivity index (χ0v) is 18.5. The number of para-hydroxylation sites is 1. The maximum Gasteiger partial charge on any atom is 0.416 e. The number of carbonyl (C=O) groups is 1. The SMILES string of the molecule is Cn1cc(CC(=O)N2CCCC(c3nnc(-c4ccc(C(F)(F)F)cc4)o3)C2)c2ccccc21. The third kappa shape index (κ3) is 4.30. The van der Waals surface area contributed by atoms with Gasteiger partial charge in [0.05, 0.1) is 17.9 Å². The summed E-state index contributed by atoms with van der Waals surface area (Å²) in [5.74, 6) is 0.505. The Bertz CT molecular complexity index is 1320. The molecule has 9 heteroatoms. The molecule has 0 N–H and O–H groups in total. The van der Waals surface area contributed by atoms with Crippen LogP contribution in [0, 0.1) is 0 Å². The number of piperidine rings is 1. The number of aryl methyl sites for hydroxylation is 1. The van der Waals surface area contributed by atoms with Crippen LogP contribution < -0.4 is 0 Å². The number of halogens is 3. The van der Waals surface area contributed by atoms with Crippen molar-refractivity contribution in [2.45, 2.75) is 31.4 Å². The van der Waals surface area contributed by atoms with Crippen LogP contribution in [0.2, 0.25) is 0 Å². The largest absolute Gasteiger partial charge is 0.420 e. The monoisotopic (exact) mass is 468 g/mol. The molecule has 0 spiro atoms. The summed E-state index contributed by atoms with van der Waals surface area (Å²) in [6.07, 6.45) is -0.480. The number of benzene rings is 2. The van der Waals surface area contributed by atoms with Gasteiger partial charge in [-0.1, -0.05) is 18.2 Å². The van der Waals surface area contributed by atoms with Gasteiger partial charge in [0.15, 0.2) is 0 Å². The first-order chi connectivity index (χ1) is 16.3. The van der Waals surface area contributed by atoms with Crippen molar-refractivity contribution in [3.8, 4) is 11.5 Å². The van der Waals surface area contributed by atoms with E-state index in [1.165, 1.54) is 12.1 Å². The van der Waals surface area contributed by atoms with Gasteiger partial charge in [0.25, 0.3) is 0 Å². The number of nitrogens with zero attached hydrogens (tertiary/aromatic N) is 4. The predicted molar refractivity (Wildman–Crippen MR) is 120 cm³/mol. The zero-order valence-electron chi connectivity index (χ0n) is 18.5. The van der Waals surface area contributed by atoms with Gasteiger partial charge >= 0.3 is 6.18 Å². The normalized spacial score (nSPS) is 16.8. The van der Waals surface area contributed by atoms with Crippen LogP contribution in [0.1, 0.15) is 35.8 Å². The Hall–Kier alpha value is -3.62. The molecule has 1 unspecified atom stereocenters. The molecule has 1 aliphatic rings. The maximum atomic E-state index is 13.1. The van der Waals surface area contributed by atoms with E-state index in [1.807, 2.05) is 47.0 Å². The number of aromatic nitrogens is 3. The van der Waals surface area contributed by atoms with Crippen molar-refractivity contribution >= 4 is 16.8 Å². The maximum absolute atomic E-state index is 13.1. The van der Waals surface area contributed by atoms with Crippen LogP contribution in [0.3, 0.4) is 0 Å². The Morgan fingerprint density at radius 3 is 2.65 bits per heavy atom. The van der Waals surface area contributed by atoms with E-state index in [9.17, 15) is 18.0 Å². The molecule has 34 heavy (non-hydrogen) atoms. The van der Waals surface area contributed by atoms with Crippen LogP contribution in [0.25, 0.3) is 22.4 Å². The summed E-state index contributed by atoms with van der Waals surface area (Å²) < 4.78 is 46.2. The fourth-order valence-corrected chi connectivity index (χ4v) is 4.56. The molecular weight excluding hydrogens is 445 g/mol. The van der Waals surface area contributed by atoms with Crippen molar-refractivity contribution in [1.82, 2.24) is 19.7 Å². The number of likely N-dealkylation sites (tertiary alicyclic amines) is 1. The number of amides is 1. The third-order valence-electron chi connectivity index (χ3n) is 6.34. The Morgan fingerprint density at radius 2 is 1.88 bits per heavy atom. The number of carbonyl (C=O) groups excluding carboxylic acids is 1. The molecule has 5 rings (SSSR count). The van der Waals surface area contributed by atoms with Crippen molar-refractivity contribution in [1.29, 1.82) is 0 Å². The first-order valence-corrected chi connectivity index (χ1v) is 11.1. The van der Waals surface area contributed by atoms with Crippen molar-refractivity contribution in [3.05, 3.63) is 71.7 Å². The Labute approximate surface area is 194 Å². The van der Waals surface area contributed by atoms with Crippen LogP contribution in [0.4, 0.5) is 13.2 Å². The third-order valence-corrected chi connectivity index (χ3v) is 6.34. The second kappa shape index (κ2) is 8.62. The molecule has 1 aliphatic heterocycles. The number of fused-ring (bicyclic) bond motifs is 1. The molecule has 0 saturated carbocycles. The lowest BCUT2D eigenvalue weighted by molar-refractivity contribution is -0.137. The fourth-order valence-electron chi connectivity index (χ4n) is 4.56. The summed E-state index contributed by atoms with van der Waals surface area (Å²) in [7, 11) is 1.97. The molecule has 1 atom stereocenters. The summed E-state index contributed by atoms with van der Waals surface area (Å²) in [6.45, 7) is 1.14. The second-order valence-corrected chi connectivity index (χ2v) is 8.66. The highest BCUT2D eigenvalue weighted by Crippen LogP contribution is 2.32. The molecule has 2 aromatic heterocycles. The summed E-state index contributed by atoms with van der Waals surface area (Å²) in [5.41, 5.74) is 1.77. The van der Waals surface area contributed by atoms with Gasteiger partial charge in [-0.3, -0.25) is 4.79 Å². The number of hydrogen-bond acceptors (Lipinski definition) is 4. The number of rotatable bonds is 4. The van der Waals surface area contributed by atoms with Crippen LogP contribution in [0.15, 0.2) is 59.1 Å². The van der Waals surface area contributed by atoms with E-state index in [0.29, 0.717) is 31.0 Å². The topological polar surface area (TPSA) is 64.2 Å². The first-order valence-electron chi connectivity index (χ1n) is 11.1. The van der Waals surface area contributed by atoms with E-state index < -0.39 is 11.7 Å². The van der Waals surface area contributed by atoms with E-state index in [1.54, 1.807) is 0 Å². The number of alkyl halides is 3. The van der Waals surface area contributed by atoms with Crippen molar-refractivity contribution in [2.75, 3.05) is 13.1 Å². The van der Waals surface area contributed by atoms with Gasteiger partial charge in [-0.15, -0.1) is 10.2 Å². The molecule has 1 saturated heterocycles. The summed E-state index contributed by atoms with van der Waals surface area (Å²) in [5, 5.41) is 9.23. The Morgan fingerprint density at radius 1 is 1.12 bits per heavy atom. The summed E-state index contributed by atoms with van der Waals surface area (Å²) in [6, 6.07) is 12.6. The molecule has 1 amide bonds. The predicted octanol–water partition coefficient (Wildman–Crippen LogP) is 5.20. The van der Waals surface area contributed by atoms with Gasteiger partial charge in [-0.25, -0.2) is 0 Å². The lowest BCUT2D eigenvalue weighted by Gasteiger charge is -2.31. The highest BCUT2D eigenvalue weighted by Gasteiger charge is 2.31. The summed E-state index contributed by atoms with van der Waals surface area (Å²) in [4.78, 5) is 14.9. The van der Waals surface area contributed by atoms with E-state index in [0.717, 1.165) is 41.4 Å².